The van der Waals surface area contributed by atoms with Crippen molar-refractivity contribution < 1.29 is 19.4 Å². The summed E-state index contributed by atoms with van der Waals surface area (Å²) in [7, 11) is 0. The molecule has 0 rings (SSSR count). The highest BCUT2D eigenvalue weighted by atomic mass is 35.5. The van der Waals surface area contributed by atoms with E-state index in [0.717, 1.165) is 0 Å². The zero-order chi connectivity index (χ0) is 11.8. The molecule has 0 aromatic rings. The molecule has 0 spiro atoms. The second kappa shape index (κ2) is 7.51. The summed E-state index contributed by atoms with van der Waals surface area (Å²) in [6.07, 6.45) is 1.16. The number of carbonyl (C=O) groups is 2. The van der Waals surface area contributed by atoms with E-state index in [2.05, 4.69) is 0 Å². The summed E-state index contributed by atoms with van der Waals surface area (Å²) in [6.45, 7) is 3.60. The van der Waals surface area contributed by atoms with Gasteiger partial charge >= 0.3 is 11.9 Å². The van der Waals surface area contributed by atoms with Crippen LogP contribution in [0.1, 0.15) is 33.1 Å². The molecule has 0 heterocycles. The molecule has 2 unspecified atom stereocenters. The third kappa shape index (κ3) is 5.62. The van der Waals surface area contributed by atoms with E-state index in [4.69, 9.17) is 21.4 Å². The standard InChI is InChI=1S/C10H17ClO4/c1-3-7(2)15-10(14)8(9(12)13)5-4-6-11/h7-8H,3-6H2,1-2H3,(H,12,13). The summed E-state index contributed by atoms with van der Waals surface area (Å²) in [6, 6.07) is 0. The predicted octanol–water partition coefficient (Wildman–Crippen LogP) is 2.05. The smallest absolute Gasteiger partial charge is 0.320 e. The molecule has 0 aliphatic rings. The molecule has 0 amide bonds. The third-order valence-corrected chi connectivity index (χ3v) is 2.37. The normalized spacial score (nSPS) is 14.3. The minimum absolute atomic E-state index is 0.230. The molecule has 0 saturated carbocycles. The van der Waals surface area contributed by atoms with Gasteiger partial charge in [-0.2, -0.15) is 0 Å². The van der Waals surface area contributed by atoms with Crippen molar-refractivity contribution in [2.24, 2.45) is 5.92 Å². The van der Waals surface area contributed by atoms with Crippen molar-refractivity contribution in [3.8, 4) is 0 Å². The molecule has 0 radical (unpaired) electrons. The Balaban J connectivity index is 4.22. The maximum atomic E-state index is 11.4. The number of carbonyl (C=O) groups excluding carboxylic acids is 1. The van der Waals surface area contributed by atoms with Crippen molar-refractivity contribution in [3.05, 3.63) is 0 Å². The highest BCUT2D eigenvalue weighted by Crippen LogP contribution is 2.12. The number of ether oxygens (including phenoxy) is 1. The van der Waals surface area contributed by atoms with Gasteiger partial charge in [-0.1, -0.05) is 6.92 Å². The first-order chi connectivity index (χ1) is 7.02. The highest BCUT2D eigenvalue weighted by Gasteiger charge is 2.28. The van der Waals surface area contributed by atoms with Crippen molar-refractivity contribution in [2.45, 2.75) is 39.2 Å². The fraction of sp³-hybridized carbons (Fsp3) is 0.800. The average molecular weight is 237 g/mol. The molecular formula is C10H17ClO4. The van der Waals surface area contributed by atoms with Gasteiger partial charge < -0.3 is 9.84 Å². The molecule has 0 aliphatic carbocycles. The van der Waals surface area contributed by atoms with Crippen LogP contribution >= 0.6 is 11.6 Å². The Morgan fingerprint density at radius 2 is 2.07 bits per heavy atom. The number of carboxylic acid groups (broad SMARTS) is 1. The topological polar surface area (TPSA) is 63.6 Å². The molecule has 2 atom stereocenters. The van der Waals surface area contributed by atoms with Gasteiger partial charge in [0.1, 0.15) is 0 Å². The van der Waals surface area contributed by atoms with Gasteiger partial charge in [-0.3, -0.25) is 9.59 Å². The average Bonchev–Trinajstić information content (AvgIpc) is 2.17. The molecule has 0 aliphatic heterocycles. The third-order valence-electron chi connectivity index (χ3n) is 2.10. The summed E-state index contributed by atoms with van der Waals surface area (Å²) < 4.78 is 4.96. The molecule has 0 aromatic heterocycles. The van der Waals surface area contributed by atoms with Crippen LogP contribution in [-0.4, -0.2) is 29.0 Å². The molecule has 4 nitrogen and oxygen atoms in total. The van der Waals surface area contributed by atoms with E-state index in [9.17, 15) is 9.59 Å². The van der Waals surface area contributed by atoms with Crippen LogP contribution in [0, 0.1) is 5.92 Å². The lowest BCUT2D eigenvalue weighted by Crippen LogP contribution is -2.28. The summed E-state index contributed by atoms with van der Waals surface area (Å²) >= 11 is 5.44. The van der Waals surface area contributed by atoms with Gasteiger partial charge in [-0.05, 0) is 26.2 Å². The van der Waals surface area contributed by atoms with E-state index in [-0.39, 0.29) is 12.5 Å². The number of carboxylic acids is 1. The molecule has 0 fully saturated rings. The Kier molecular flexibility index (Phi) is 7.13. The first kappa shape index (κ1) is 14.2. The van der Waals surface area contributed by atoms with Crippen LogP contribution < -0.4 is 0 Å². The van der Waals surface area contributed by atoms with Crippen LogP contribution in [0.2, 0.25) is 0 Å². The maximum Gasteiger partial charge on any atom is 0.320 e. The second-order valence-electron chi connectivity index (χ2n) is 3.38. The Morgan fingerprint density at radius 1 is 1.47 bits per heavy atom. The predicted molar refractivity (Wildman–Crippen MR) is 56.9 cm³/mol. The summed E-state index contributed by atoms with van der Waals surface area (Å²) in [4.78, 5) is 22.2. The number of alkyl halides is 1. The molecule has 15 heavy (non-hydrogen) atoms. The van der Waals surface area contributed by atoms with E-state index >= 15 is 0 Å². The molecule has 0 aromatic carbocycles. The van der Waals surface area contributed by atoms with Crippen LogP contribution in [0.25, 0.3) is 0 Å². The largest absolute Gasteiger partial charge is 0.481 e. The SMILES string of the molecule is CCC(C)OC(=O)C(CCCCl)C(=O)O. The Labute approximate surface area is 94.6 Å². The molecular weight excluding hydrogens is 220 g/mol. The van der Waals surface area contributed by atoms with E-state index in [0.29, 0.717) is 18.7 Å². The maximum absolute atomic E-state index is 11.4. The van der Waals surface area contributed by atoms with Gasteiger partial charge in [0.2, 0.25) is 0 Å². The molecule has 1 N–H and O–H groups in total. The van der Waals surface area contributed by atoms with Crippen LogP contribution in [0.4, 0.5) is 0 Å². The van der Waals surface area contributed by atoms with Crippen LogP contribution in [0.15, 0.2) is 0 Å². The van der Waals surface area contributed by atoms with Gasteiger partial charge in [-0.25, -0.2) is 0 Å². The Bertz CT molecular complexity index is 217. The van der Waals surface area contributed by atoms with Crippen LogP contribution in [0.5, 0.6) is 0 Å². The van der Waals surface area contributed by atoms with Crippen molar-refractivity contribution in [2.75, 3.05) is 5.88 Å². The van der Waals surface area contributed by atoms with Gasteiger partial charge in [0.25, 0.3) is 0 Å². The lowest BCUT2D eigenvalue weighted by atomic mass is 10.0. The van der Waals surface area contributed by atoms with Crippen molar-refractivity contribution in [1.82, 2.24) is 0 Å². The monoisotopic (exact) mass is 236 g/mol. The van der Waals surface area contributed by atoms with Gasteiger partial charge in [0.15, 0.2) is 5.92 Å². The lowest BCUT2D eigenvalue weighted by molar-refractivity contribution is -0.162. The molecule has 0 bridgehead atoms. The number of hydrogen-bond acceptors (Lipinski definition) is 3. The van der Waals surface area contributed by atoms with Crippen molar-refractivity contribution in [1.29, 1.82) is 0 Å². The number of halogens is 1. The van der Waals surface area contributed by atoms with Crippen LogP contribution in [0.3, 0.4) is 0 Å². The van der Waals surface area contributed by atoms with Crippen LogP contribution in [-0.2, 0) is 14.3 Å². The number of esters is 1. The lowest BCUT2D eigenvalue weighted by Gasteiger charge is -2.15. The molecule has 5 heteroatoms. The summed E-state index contributed by atoms with van der Waals surface area (Å²) in [5.74, 6) is -2.55. The number of rotatable bonds is 7. The second-order valence-corrected chi connectivity index (χ2v) is 3.76. The minimum Gasteiger partial charge on any atom is -0.481 e. The van der Waals surface area contributed by atoms with E-state index in [1.54, 1.807) is 6.92 Å². The van der Waals surface area contributed by atoms with Gasteiger partial charge in [0.05, 0.1) is 6.10 Å². The van der Waals surface area contributed by atoms with E-state index < -0.39 is 17.9 Å². The van der Waals surface area contributed by atoms with Crippen molar-refractivity contribution >= 4 is 23.5 Å². The zero-order valence-electron chi connectivity index (χ0n) is 9.03. The summed E-state index contributed by atoms with van der Waals surface area (Å²) in [5, 5.41) is 8.81. The van der Waals surface area contributed by atoms with Gasteiger partial charge in [0, 0.05) is 5.88 Å². The van der Waals surface area contributed by atoms with E-state index in [1.807, 2.05) is 6.92 Å². The van der Waals surface area contributed by atoms with Gasteiger partial charge in [-0.15, -0.1) is 11.6 Å². The first-order valence-electron chi connectivity index (χ1n) is 5.02. The highest BCUT2D eigenvalue weighted by molar-refractivity contribution is 6.17. The summed E-state index contributed by atoms with van der Waals surface area (Å²) in [5.41, 5.74) is 0. The molecule has 88 valence electrons. The zero-order valence-corrected chi connectivity index (χ0v) is 9.79. The number of aliphatic carboxylic acids is 1. The minimum atomic E-state index is -1.14. The Morgan fingerprint density at radius 3 is 2.47 bits per heavy atom. The molecule has 0 saturated heterocycles. The Hall–Kier alpha value is -0.770. The van der Waals surface area contributed by atoms with E-state index in [1.165, 1.54) is 0 Å². The quantitative estimate of drug-likeness (QED) is 0.417. The fourth-order valence-electron chi connectivity index (χ4n) is 0.987. The fourth-order valence-corrected chi connectivity index (χ4v) is 1.14. The number of hydrogen-bond donors (Lipinski definition) is 1. The first-order valence-corrected chi connectivity index (χ1v) is 5.55. The van der Waals surface area contributed by atoms with Crippen molar-refractivity contribution in [3.63, 3.8) is 0 Å².